The van der Waals surface area contributed by atoms with Crippen molar-refractivity contribution < 1.29 is 14.3 Å². The Hall–Kier alpha value is -1.25. The number of aromatic nitrogens is 2. The number of ether oxygens (including phenoxy) is 2. The molecule has 1 atom stereocenters. The zero-order chi connectivity index (χ0) is 17.3. The molecule has 4 rings (SSSR count). The lowest BCUT2D eigenvalue weighted by Gasteiger charge is -2.32. The first-order valence-electron chi connectivity index (χ1n) is 9.36. The van der Waals surface area contributed by atoms with E-state index in [0.717, 1.165) is 69.2 Å². The average Bonchev–Trinajstić information content (AvgIpc) is 3.34. The molecule has 8 heteroatoms. The summed E-state index contributed by atoms with van der Waals surface area (Å²) in [4.78, 5) is 22.0. The zero-order valence-electron chi connectivity index (χ0n) is 14.8. The Labute approximate surface area is 152 Å². The minimum Gasteiger partial charge on any atom is -0.347 e. The van der Waals surface area contributed by atoms with Gasteiger partial charge in [0.05, 0.1) is 19.1 Å². The summed E-state index contributed by atoms with van der Waals surface area (Å²) in [6, 6.07) is 0. The maximum absolute atomic E-state index is 13.1. The van der Waals surface area contributed by atoms with Crippen LogP contribution in [0.15, 0.2) is 0 Å². The lowest BCUT2D eigenvalue weighted by Crippen LogP contribution is -2.47. The molecule has 1 spiro atoms. The van der Waals surface area contributed by atoms with E-state index in [1.165, 1.54) is 11.5 Å². The Morgan fingerprint density at radius 1 is 1.24 bits per heavy atom. The van der Waals surface area contributed by atoms with E-state index in [1.807, 2.05) is 4.90 Å². The number of amides is 1. The van der Waals surface area contributed by atoms with E-state index < -0.39 is 5.79 Å². The van der Waals surface area contributed by atoms with E-state index in [1.54, 1.807) is 0 Å². The minimum atomic E-state index is -0.641. The fraction of sp³-hybridized carbons (Fsp3) is 0.824. The largest absolute Gasteiger partial charge is 0.347 e. The van der Waals surface area contributed by atoms with Crippen LogP contribution in [0.4, 0.5) is 5.13 Å². The number of aryl methyl sites for hydroxylation is 1. The molecular formula is C17H26N4O3S. The average molecular weight is 366 g/mol. The number of carbonyl (C=O) groups excluding carboxylic acids is 1. The van der Waals surface area contributed by atoms with Crippen LogP contribution in [0.5, 0.6) is 0 Å². The number of anilines is 1. The second kappa shape index (κ2) is 7.17. The van der Waals surface area contributed by atoms with Crippen molar-refractivity contribution in [1.82, 2.24) is 14.3 Å². The highest BCUT2D eigenvalue weighted by molar-refractivity contribution is 7.09. The number of rotatable bonds is 3. The number of hydrogen-bond acceptors (Lipinski definition) is 7. The summed E-state index contributed by atoms with van der Waals surface area (Å²) in [5, 5.41) is 0.978. The van der Waals surface area contributed by atoms with E-state index in [9.17, 15) is 4.79 Å². The van der Waals surface area contributed by atoms with Gasteiger partial charge in [0.15, 0.2) is 5.79 Å². The van der Waals surface area contributed by atoms with Crippen molar-refractivity contribution in [2.75, 3.05) is 44.3 Å². The SMILES string of the molecule is CCc1nsc(N2CCCN(C(=O)[C@@H]3CCCC34OCCO4)CC2)n1. The van der Waals surface area contributed by atoms with Gasteiger partial charge < -0.3 is 19.3 Å². The van der Waals surface area contributed by atoms with Crippen molar-refractivity contribution in [2.24, 2.45) is 5.92 Å². The highest BCUT2D eigenvalue weighted by Gasteiger charge is 2.52. The van der Waals surface area contributed by atoms with Gasteiger partial charge in [0.25, 0.3) is 0 Å². The summed E-state index contributed by atoms with van der Waals surface area (Å²) in [6.45, 7) is 6.53. The molecule has 2 saturated heterocycles. The maximum Gasteiger partial charge on any atom is 0.231 e. The van der Waals surface area contributed by atoms with Gasteiger partial charge in [-0.15, -0.1) is 0 Å². The lowest BCUT2D eigenvalue weighted by atomic mass is 10.0. The molecule has 1 amide bonds. The molecule has 1 aromatic heterocycles. The van der Waals surface area contributed by atoms with Crippen LogP contribution >= 0.6 is 11.5 Å². The monoisotopic (exact) mass is 366 g/mol. The van der Waals surface area contributed by atoms with E-state index in [4.69, 9.17) is 9.47 Å². The van der Waals surface area contributed by atoms with E-state index in [-0.39, 0.29) is 11.8 Å². The highest BCUT2D eigenvalue weighted by atomic mass is 32.1. The molecule has 0 aromatic carbocycles. The summed E-state index contributed by atoms with van der Waals surface area (Å²) in [5.41, 5.74) is 0. The summed E-state index contributed by atoms with van der Waals surface area (Å²) in [6.07, 6.45) is 4.52. The van der Waals surface area contributed by atoms with Crippen molar-refractivity contribution in [3.63, 3.8) is 0 Å². The molecule has 7 nitrogen and oxygen atoms in total. The van der Waals surface area contributed by atoms with Crippen LogP contribution in [0.25, 0.3) is 0 Å². The second-order valence-corrected chi connectivity index (χ2v) is 7.70. The Bertz CT molecular complexity index is 611. The van der Waals surface area contributed by atoms with Gasteiger partial charge in [-0.05, 0) is 19.3 Å². The Kier molecular flexibility index (Phi) is 4.92. The predicted molar refractivity (Wildman–Crippen MR) is 94.7 cm³/mol. The first kappa shape index (κ1) is 17.2. The molecule has 25 heavy (non-hydrogen) atoms. The third kappa shape index (κ3) is 3.27. The molecule has 0 unspecified atom stereocenters. The number of hydrogen-bond donors (Lipinski definition) is 0. The van der Waals surface area contributed by atoms with E-state index in [2.05, 4.69) is 21.2 Å². The topological polar surface area (TPSA) is 67.8 Å². The third-order valence-electron chi connectivity index (χ3n) is 5.47. The molecule has 1 aliphatic carbocycles. The molecule has 0 bridgehead atoms. The molecule has 138 valence electrons. The van der Waals surface area contributed by atoms with Crippen LogP contribution in [0.2, 0.25) is 0 Å². The first-order valence-corrected chi connectivity index (χ1v) is 10.1. The quantitative estimate of drug-likeness (QED) is 0.811. The van der Waals surface area contributed by atoms with Gasteiger partial charge in [-0.1, -0.05) is 6.92 Å². The molecule has 3 heterocycles. The molecule has 1 saturated carbocycles. The zero-order valence-corrected chi connectivity index (χ0v) is 15.6. The molecule has 3 fully saturated rings. The molecule has 0 N–H and O–H groups in total. The van der Waals surface area contributed by atoms with E-state index >= 15 is 0 Å². The van der Waals surface area contributed by atoms with Gasteiger partial charge in [-0.2, -0.15) is 4.37 Å². The first-order chi connectivity index (χ1) is 12.2. The predicted octanol–water partition coefficient (Wildman–Crippen LogP) is 1.68. The molecule has 2 aliphatic heterocycles. The Morgan fingerprint density at radius 2 is 2.08 bits per heavy atom. The van der Waals surface area contributed by atoms with Crippen molar-refractivity contribution in [3.05, 3.63) is 5.82 Å². The summed E-state index contributed by atoms with van der Waals surface area (Å²) in [5.74, 6) is 0.321. The maximum atomic E-state index is 13.1. The minimum absolute atomic E-state index is 0.144. The van der Waals surface area contributed by atoms with Crippen molar-refractivity contribution >= 4 is 22.6 Å². The van der Waals surface area contributed by atoms with Crippen molar-refractivity contribution in [3.8, 4) is 0 Å². The number of carbonyl (C=O) groups is 1. The standard InChI is InChI=1S/C17H26N4O3S/c1-2-14-18-16(25-19-14)21-8-4-7-20(9-10-21)15(22)13-5-3-6-17(13)23-11-12-24-17/h13H,2-12H2,1H3/t13-/m0/s1. The highest BCUT2D eigenvalue weighted by Crippen LogP contribution is 2.43. The van der Waals surface area contributed by atoms with Crippen LogP contribution in [-0.2, 0) is 20.7 Å². The van der Waals surface area contributed by atoms with Gasteiger partial charge in [-0.3, -0.25) is 4.79 Å². The third-order valence-corrected chi connectivity index (χ3v) is 6.29. The van der Waals surface area contributed by atoms with Crippen LogP contribution in [0.1, 0.15) is 38.4 Å². The van der Waals surface area contributed by atoms with Crippen molar-refractivity contribution in [1.29, 1.82) is 0 Å². The lowest BCUT2D eigenvalue weighted by molar-refractivity contribution is -0.191. The van der Waals surface area contributed by atoms with Gasteiger partial charge in [0.1, 0.15) is 5.82 Å². The van der Waals surface area contributed by atoms with Gasteiger partial charge in [0.2, 0.25) is 11.0 Å². The fourth-order valence-electron chi connectivity index (χ4n) is 4.14. The summed E-state index contributed by atoms with van der Waals surface area (Å²) >= 11 is 1.46. The van der Waals surface area contributed by atoms with Gasteiger partial charge >= 0.3 is 0 Å². The van der Waals surface area contributed by atoms with Crippen LogP contribution < -0.4 is 4.90 Å². The number of nitrogens with zero attached hydrogens (tertiary/aromatic N) is 4. The van der Waals surface area contributed by atoms with Crippen LogP contribution in [0.3, 0.4) is 0 Å². The summed E-state index contributed by atoms with van der Waals surface area (Å²) in [7, 11) is 0. The molecular weight excluding hydrogens is 340 g/mol. The van der Waals surface area contributed by atoms with E-state index in [0.29, 0.717) is 13.2 Å². The Balaban J connectivity index is 1.41. The molecule has 0 radical (unpaired) electrons. The van der Waals surface area contributed by atoms with Gasteiger partial charge in [-0.25, -0.2) is 4.98 Å². The van der Waals surface area contributed by atoms with Crippen LogP contribution in [-0.4, -0.2) is 65.3 Å². The normalized spacial score (nSPS) is 26.4. The van der Waals surface area contributed by atoms with Gasteiger partial charge in [0, 0.05) is 50.6 Å². The molecule has 3 aliphatic rings. The van der Waals surface area contributed by atoms with Crippen LogP contribution in [0, 0.1) is 5.92 Å². The second-order valence-electron chi connectivity index (χ2n) is 6.97. The molecule has 1 aromatic rings. The summed E-state index contributed by atoms with van der Waals surface area (Å²) < 4.78 is 16.1. The fourth-order valence-corrected chi connectivity index (χ4v) is 4.94. The smallest absolute Gasteiger partial charge is 0.231 e. The van der Waals surface area contributed by atoms with Crippen molar-refractivity contribution in [2.45, 2.75) is 44.8 Å². The Morgan fingerprint density at radius 3 is 2.84 bits per heavy atom.